The smallest absolute Gasteiger partial charge is 0.360 e. The van der Waals surface area contributed by atoms with E-state index in [1.807, 2.05) is 6.07 Å². The topological polar surface area (TPSA) is 77.0 Å². The lowest BCUT2D eigenvalue weighted by Crippen LogP contribution is -2.34. The van der Waals surface area contributed by atoms with Gasteiger partial charge in [-0.3, -0.25) is 0 Å². The van der Waals surface area contributed by atoms with Gasteiger partial charge in [0.1, 0.15) is 4.90 Å². The molecule has 24 heavy (non-hydrogen) atoms. The second kappa shape index (κ2) is 5.65. The maximum Gasteiger partial charge on any atom is 0.416 e. The Labute approximate surface area is 136 Å². The van der Waals surface area contributed by atoms with E-state index in [9.17, 15) is 21.6 Å². The molecule has 0 radical (unpaired) electrons. The van der Waals surface area contributed by atoms with Crippen LogP contribution in [-0.2, 0) is 16.2 Å². The average molecular weight is 355 g/mol. The Kier molecular flexibility index (Phi) is 3.89. The maximum atomic E-state index is 12.7. The normalized spacial score (nSPS) is 16.8. The highest BCUT2D eigenvalue weighted by Crippen LogP contribution is 2.33. The van der Waals surface area contributed by atoms with Crippen molar-refractivity contribution in [1.82, 2.24) is 9.29 Å². The Hall–Kier alpha value is -2.31. The van der Waals surface area contributed by atoms with Crippen molar-refractivity contribution < 1.29 is 21.6 Å². The number of benzene rings is 1. The van der Waals surface area contributed by atoms with Crippen molar-refractivity contribution in [3.8, 4) is 6.07 Å². The van der Waals surface area contributed by atoms with Crippen LogP contribution in [0, 0.1) is 11.3 Å². The fraction of sp³-hybridized carbons (Fsp3) is 0.267. The van der Waals surface area contributed by atoms with Crippen LogP contribution in [0.25, 0.3) is 10.9 Å². The molecule has 3 rings (SSSR count). The molecule has 0 saturated heterocycles. The second-order valence-electron chi connectivity index (χ2n) is 5.37. The van der Waals surface area contributed by atoms with Gasteiger partial charge in [-0.15, -0.1) is 0 Å². The minimum Gasteiger partial charge on any atom is -0.360 e. The van der Waals surface area contributed by atoms with Crippen molar-refractivity contribution >= 4 is 20.9 Å². The Morgan fingerprint density at radius 1 is 1.29 bits per heavy atom. The number of aromatic nitrogens is 1. The van der Waals surface area contributed by atoms with E-state index in [-0.39, 0.29) is 28.9 Å². The highest BCUT2D eigenvalue weighted by molar-refractivity contribution is 7.89. The molecule has 1 aromatic carbocycles. The number of hydrogen-bond acceptors (Lipinski definition) is 3. The number of sulfonamides is 1. The SMILES string of the molecule is N#CC1=CCN(S(=O)(=O)c2c[nH]c3cc(C(F)(F)F)ccc23)CC1. The van der Waals surface area contributed by atoms with Crippen LogP contribution in [0.3, 0.4) is 0 Å². The Morgan fingerprint density at radius 2 is 2.04 bits per heavy atom. The van der Waals surface area contributed by atoms with E-state index in [4.69, 9.17) is 5.26 Å². The minimum absolute atomic E-state index is 0.0680. The fourth-order valence-corrected chi connectivity index (χ4v) is 4.14. The number of alkyl halides is 3. The summed E-state index contributed by atoms with van der Waals surface area (Å²) < 4.78 is 64.9. The van der Waals surface area contributed by atoms with Gasteiger partial charge in [-0.25, -0.2) is 8.42 Å². The van der Waals surface area contributed by atoms with Crippen molar-refractivity contribution in [3.05, 3.63) is 41.6 Å². The lowest BCUT2D eigenvalue weighted by molar-refractivity contribution is -0.137. The first kappa shape index (κ1) is 16.5. The van der Waals surface area contributed by atoms with Gasteiger partial charge in [0.15, 0.2) is 0 Å². The summed E-state index contributed by atoms with van der Waals surface area (Å²) >= 11 is 0. The summed E-state index contributed by atoms with van der Waals surface area (Å²) in [6.07, 6.45) is -1.44. The molecule has 0 amide bonds. The lowest BCUT2D eigenvalue weighted by Gasteiger charge is -2.23. The zero-order valence-electron chi connectivity index (χ0n) is 12.3. The van der Waals surface area contributed by atoms with Crippen LogP contribution in [0.5, 0.6) is 0 Å². The van der Waals surface area contributed by atoms with Gasteiger partial charge in [0.25, 0.3) is 0 Å². The summed E-state index contributed by atoms with van der Waals surface area (Å²) in [6.45, 7) is 0.230. The van der Waals surface area contributed by atoms with Gasteiger partial charge in [0.2, 0.25) is 10.0 Å². The van der Waals surface area contributed by atoms with E-state index in [1.54, 1.807) is 0 Å². The first-order chi connectivity index (χ1) is 11.2. The standard InChI is InChI=1S/C15H12F3N3O2S/c16-15(17,18)11-1-2-12-13(7-11)20-9-14(12)24(22,23)21-5-3-10(8-19)4-6-21/h1-3,7,9,20H,4-6H2. The molecular weight excluding hydrogens is 343 g/mol. The molecule has 0 bridgehead atoms. The first-order valence-corrected chi connectivity index (χ1v) is 8.45. The average Bonchev–Trinajstić information content (AvgIpc) is 2.98. The van der Waals surface area contributed by atoms with Crippen LogP contribution in [-0.4, -0.2) is 30.8 Å². The van der Waals surface area contributed by atoms with Crippen LogP contribution in [0.15, 0.2) is 40.9 Å². The Bertz CT molecular complexity index is 968. The number of fused-ring (bicyclic) bond motifs is 1. The van der Waals surface area contributed by atoms with Gasteiger partial charge in [-0.1, -0.05) is 12.1 Å². The molecule has 2 aromatic rings. The lowest BCUT2D eigenvalue weighted by atomic mass is 10.1. The molecule has 0 saturated carbocycles. The van der Waals surface area contributed by atoms with E-state index >= 15 is 0 Å². The fourth-order valence-electron chi connectivity index (χ4n) is 2.60. The maximum absolute atomic E-state index is 12.7. The zero-order valence-corrected chi connectivity index (χ0v) is 13.1. The largest absolute Gasteiger partial charge is 0.416 e. The van der Waals surface area contributed by atoms with Crippen molar-refractivity contribution in [3.63, 3.8) is 0 Å². The molecule has 1 aliphatic heterocycles. The van der Waals surface area contributed by atoms with E-state index in [0.717, 1.165) is 18.2 Å². The van der Waals surface area contributed by atoms with Crippen LogP contribution in [0.1, 0.15) is 12.0 Å². The van der Waals surface area contributed by atoms with E-state index in [2.05, 4.69) is 4.98 Å². The van der Waals surface area contributed by atoms with Crippen molar-refractivity contribution in [1.29, 1.82) is 5.26 Å². The monoisotopic (exact) mass is 355 g/mol. The van der Waals surface area contributed by atoms with Crippen LogP contribution < -0.4 is 0 Å². The summed E-state index contributed by atoms with van der Waals surface area (Å²) in [5.74, 6) is 0. The number of halogens is 3. The summed E-state index contributed by atoms with van der Waals surface area (Å²) in [7, 11) is -3.86. The molecule has 5 nitrogen and oxygen atoms in total. The molecule has 9 heteroatoms. The number of hydrogen-bond donors (Lipinski definition) is 1. The molecular formula is C15H12F3N3O2S. The highest BCUT2D eigenvalue weighted by atomic mass is 32.2. The summed E-state index contributed by atoms with van der Waals surface area (Å²) in [4.78, 5) is 2.52. The third-order valence-corrected chi connectivity index (χ3v) is 5.81. The quantitative estimate of drug-likeness (QED) is 0.899. The summed E-state index contributed by atoms with van der Waals surface area (Å²) in [5, 5.41) is 9.02. The van der Waals surface area contributed by atoms with Crippen molar-refractivity contribution in [2.45, 2.75) is 17.5 Å². The van der Waals surface area contributed by atoms with E-state index in [1.165, 1.54) is 16.6 Å². The molecule has 0 unspecified atom stereocenters. The molecule has 2 heterocycles. The summed E-state index contributed by atoms with van der Waals surface area (Å²) in [5.41, 5.74) is -0.218. The first-order valence-electron chi connectivity index (χ1n) is 7.01. The number of H-pyrrole nitrogens is 1. The van der Waals surface area contributed by atoms with Gasteiger partial charge >= 0.3 is 6.18 Å². The predicted octanol–water partition coefficient (Wildman–Crippen LogP) is 3.03. The van der Waals surface area contributed by atoms with Crippen LogP contribution in [0.4, 0.5) is 13.2 Å². The number of nitrogens with one attached hydrogen (secondary N) is 1. The molecule has 126 valence electrons. The van der Waals surface area contributed by atoms with E-state index in [0.29, 0.717) is 12.0 Å². The predicted molar refractivity (Wildman–Crippen MR) is 80.4 cm³/mol. The zero-order chi connectivity index (χ0) is 17.5. The van der Waals surface area contributed by atoms with Gasteiger partial charge < -0.3 is 4.98 Å². The number of nitrogens with zero attached hydrogens (tertiary/aromatic N) is 2. The second-order valence-corrected chi connectivity index (χ2v) is 7.27. The third-order valence-electron chi connectivity index (χ3n) is 3.90. The highest BCUT2D eigenvalue weighted by Gasteiger charge is 2.32. The molecule has 1 N–H and O–H groups in total. The molecule has 0 fully saturated rings. The number of rotatable bonds is 2. The third kappa shape index (κ3) is 2.79. The van der Waals surface area contributed by atoms with E-state index < -0.39 is 21.8 Å². The number of aromatic amines is 1. The van der Waals surface area contributed by atoms with Gasteiger partial charge in [0, 0.05) is 35.8 Å². The summed E-state index contributed by atoms with van der Waals surface area (Å²) in [6, 6.07) is 4.89. The molecule has 0 spiro atoms. The number of nitriles is 1. The Balaban J connectivity index is 2.01. The Morgan fingerprint density at radius 3 is 2.62 bits per heavy atom. The molecule has 0 aliphatic carbocycles. The van der Waals surface area contributed by atoms with Gasteiger partial charge in [-0.05, 0) is 18.6 Å². The van der Waals surface area contributed by atoms with Crippen LogP contribution in [0.2, 0.25) is 0 Å². The van der Waals surface area contributed by atoms with Gasteiger partial charge in [-0.2, -0.15) is 22.7 Å². The molecule has 0 atom stereocenters. The van der Waals surface area contributed by atoms with Gasteiger partial charge in [0.05, 0.1) is 11.6 Å². The minimum atomic E-state index is -4.50. The van der Waals surface area contributed by atoms with Crippen molar-refractivity contribution in [2.75, 3.05) is 13.1 Å². The van der Waals surface area contributed by atoms with Crippen molar-refractivity contribution in [2.24, 2.45) is 0 Å². The molecule has 1 aromatic heterocycles. The molecule has 1 aliphatic rings. The van der Waals surface area contributed by atoms with Crippen LogP contribution >= 0.6 is 0 Å².